The third-order valence-corrected chi connectivity index (χ3v) is 6.51. The fraction of sp³-hybridized carbons (Fsp3) is 0.667. The summed E-state index contributed by atoms with van der Waals surface area (Å²) in [6.45, 7) is 2.34. The second-order valence-corrected chi connectivity index (χ2v) is 7.51. The fourth-order valence-corrected chi connectivity index (χ4v) is 5.43. The van der Waals surface area contributed by atoms with Gasteiger partial charge in [0.2, 0.25) is 6.04 Å². The largest absolute Gasteiger partial charge is 0.264 e. The molecule has 2 fully saturated rings. The van der Waals surface area contributed by atoms with Gasteiger partial charge in [-0.2, -0.15) is 0 Å². The average molecular weight is 285 g/mol. The third kappa shape index (κ3) is 1.86. The quantitative estimate of drug-likeness (QED) is 0.533. The van der Waals surface area contributed by atoms with E-state index >= 15 is 0 Å². The summed E-state index contributed by atoms with van der Waals surface area (Å²) in [6, 6.07) is -0.300. The molecule has 0 spiro atoms. The normalized spacial score (nSPS) is 44.2. The van der Waals surface area contributed by atoms with Gasteiger partial charge in [-0.05, 0) is 55.1 Å². The molecular weight excluding hydrogens is 262 g/mol. The zero-order chi connectivity index (χ0) is 14.6. The summed E-state index contributed by atoms with van der Waals surface area (Å²) in [5, 5.41) is 11.4. The van der Waals surface area contributed by atoms with Crippen LogP contribution in [0, 0.1) is 33.3 Å². The van der Waals surface area contributed by atoms with Crippen LogP contribution in [0.2, 0.25) is 0 Å². The molecule has 0 aromatic heterocycles. The van der Waals surface area contributed by atoms with Crippen molar-refractivity contribution in [3.8, 4) is 0 Å². The lowest BCUT2D eigenvalue weighted by atomic mass is 9.56. The zero-order valence-electron chi connectivity index (χ0n) is 12.6. The lowest BCUT2D eigenvalue weighted by Crippen LogP contribution is -2.45. The summed E-state index contributed by atoms with van der Waals surface area (Å²) in [5.41, 5.74) is 3.26. The van der Waals surface area contributed by atoms with Crippen LogP contribution in [-0.4, -0.2) is 11.0 Å². The molecule has 3 nitrogen and oxygen atoms in total. The number of fused-ring (bicyclic) bond motifs is 5. The number of nitrogens with zero attached hydrogens (tertiary/aromatic N) is 1. The van der Waals surface area contributed by atoms with Crippen LogP contribution < -0.4 is 0 Å². The van der Waals surface area contributed by atoms with Gasteiger partial charge in [0, 0.05) is 22.7 Å². The maximum absolute atomic E-state index is 11.4. The Labute approximate surface area is 126 Å². The SMILES string of the molecule is C[C@@]12C=CC=C1C1=CCC3C([N+](=O)[O-])CCC[C@@H]3[C@H]1CC2. The van der Waals surface area contributed by atoms with E-state index < -0.39 is 0 Å². The van der Waals surface area contributed by atoms with Gasteiger partial charge in [-0.3, -0.25) is 10.1 Å². The first-order valence-corrected chi connectivity index (χ1v) is 8.34. The summed E-state index contributed by atoms with van der Waals surface area (Å²) in [7, 11) is 0. The molecule has 0 aliphatic heterocycles. The highest BCUT2D eigenvalue weighted by Crippen LogP contribution is 2.57. The molecule has 0 aromatic rings. The van der Waals surface area contributed by atoms with Gasteiger partial charge in [0.05, 0.1) is 0 Å². The molecule has 2 saturated carbocycles. The van der Waals surface area contributed by atoms with E-state index in [0.29, 0.717) is 11.8 Å². The predicted octanol–water partition coefficient (Wildman–Crippen LogP) is 4.29. The summed E-state index contributed by atoms with van der Waals surface area (Å²) < 4.78 is 0. The molecule has 0 radical (unpaired) electrons. The lowest BCUT2D eigenvalue weighted by molar-refractivity contribution is -0.538. The second kappa shape index (κ2) is 4.56. The number of rotatable bonds is 1. The van der Waals surface area contributed by atoms with Crippen molar-refractivity contribution in [2.75, 3.05) is 0 Å². The molecule has 0 aromatic carbocycles. The molecule has 0 amide bonds. The van der Waals surface area contributed by atoms with Gasteiger partial charge < -0.3 is 0 Å². The zero-order valence-corrected chi connectivity index (χ0v) is 12.6. The summed E-state index contributed by atoms with van der Waals surface area (Å²) >= 11 is 0. The van der Waals surface area contributed by atoms with Gasteiger partial charge in [0.1, 0.15) is 0 Å². The van der Waals surface area contributed by atoms with E-state index in [2.05, 4.69) is 31.2 Å². The molecule has 0 saturated heterocycles. The van der Waals surface area contributed by atoms with Crippen LogP contribution >= 0.6 is 0 Å². The molecule has 0 bridgehead atoms. The van der Waals surface area contributed by atoms with Crippen LogP contribution in [0.1, 0.15) is 45.4 Å². The molecule has 0 heterocycles. The fourth-order valence-electron chi connectivity index (χ4n) is 5.43. The second-order valence-electron chi connectivity index (χ2n) is 7.51. The Morgan fingerprint density at radius 1 is 1.29 bits per heavy atom. The Morgan fingerprint density at radius 3 is 2.95 bits per heavy atom. The molecule has 2 unspecified atom stereocenters. The van der Waals surface area contributed by atoms with E-state index in [9.17, 15) is 10.1 Å². The van der Waals surface area contributed by atoms with Crippen LogP contribution in [0.4, 0.5) is 0 Å². The van der Waals surface area contributed by atoms with Gasteiger partial charge in [0.15, 0.2) is 0 Å². The first-order chi connectivity index (χ1) is 10.1. The van der Waals surface area contributed by atoms with Crippen LogP contribution in [0.3, 0.4) is 0 Å². The minimum atomic E-state index is -0.300. The number of nitro groups is 1. The van der Waals surface area contributed by atoms with Crippen LogP contribution in [0.5, 0.6) is 0 Å². The monoisotopic (exact) mass is 285 g/mol. The van der Waals surface area contributed by atoms with E-state index in [1.165, 1.54) is 30.4 Å². The van der Waals surface area contributed by atoms with Crippen molar-refractivity contribution < 1.29 is 4.92 Å². The van der Waals surface area contributed by atoms with Gasteiger partial charge in [-0.1, -0.05) is 31.2 Å². The van der Waals surface area contributed by atoms with Gasteiger partial charge >= 0.3 is 0 Å². The Hall–Kier alpha value is -1.38. The van der Waals surface area contributed by atoms with Crippen molar-refractivity contribution in [2.24, 2.45) is 23.2 Å². The van der Waals surface area contributed by atoms with E-state index in [1.54, 1.807) is 0 Å². The van der Waals surface area contributed by atoms with Crippen molar-refractivity contribution >= 4 is 0 Å². The minimum Gasteiger partial charge on any atom is -0.264 e. The maximum atomic E-state index is 11.4. The van der Waals surface area contributed by atoms with Gasteiger partial charge in [0.25, 0.3) is 0 Å². The standard InChI is InChI=1S/C18H23NO2/c1-18-10-3-5-16(18)14-7-8-15-12(13(14)9-11-18)4-2-6-17(15)19(20)21/h3,5,7,10,12-13,15,17H,2,4,6,8-9,11H2,1H3/t12-,13-,15?,17?,18+/m1/s1. The van der Waals surface area contributed by atoms with Crippen molar-refractivity contribution in [1.82, 2.24) is 0 Å². The molecule has 112 valence electrons. The topological polar surface area (TPSA) is 43.1 Å². The van der Waals surface area contributed by atoms with Crippen molar-refractivity contribution in [3.63, 3.8) is 0 Å². The van der Waals surface area contributed by atoms with E-state index in [4.69, 9.17) is 0 Å². The number of hydrogen-bond acceptors (Lipinski definition) is 2. The Kier molecular flexibility index (Phi) is 2.88. The first kappa shape index (κ1) is 13.3. The van der Waals surface area contributed by atoms with Crippen LogP contribution in [0.25, 0.3) is 0 Å². The average Bonchev–Trinajstić information content (AvgIpc) is 2.88. The summed E-state index contributed by atoms with van der Waals surface area (Å²) in [6.07, 6.45) is 15.5. The highest BCUT2D eigenvalue weighted by atomic mass is 16.6. The highest BCUT2D eigenvalue weighted by molar-refractivity contribution is 5.50. The molecule has 0 N–H and O–H groups in total. The lowest BCUT2D eigenvalue weighted by Gasteiger charge is -2.48. The molecular formula is C18H23NO2. The Balaban J connectivity index is 1.69. The molecule has 3 heteroatoms. The molecule has 4 aliphatic carbocycles. The number of allylic oxidation sites excluding steroid dienone is 6. The number of hydrogen-bond donors (Lipinski definition) is 0. The van der Waals surface area contributed by atoms with Crippen molar-refractivity contribution in [2.45, 2.75) is 51.5 Å². The predicted molar refractivity (Wildman–Crippen MR) is 82.4 cm³/mol. The molecule has 5 atom stereocenters. The Morgan fingerprint density at radius 2 is 2.14 bits per heavy atom. The third-order valence-electron chi connectivity index (χ3n) is 6.51. The Bertz CT molecular complexity index is 574. The van der Waals surface area contributed by atoms with Gasteiger partial charge in [-0.25, -0.2) is 0 Å². The van der Waals surface area contributed by atoms with Crippen LogP contribution in [0.15, 0.2) is 35.5 Å². The highest BCUT2D eigenvalue weighted by Gasteiger charge is 2.49. The molecule has 4 rings (SSSR count). The summed E-state index contributed by atoms with van der Waals surface area (Å²) in [5.74, 6) is 1.40. The van der Waals surface area contributed by atoms with Crippen LogP contribution in [-0.2, 0) is 0 Å². The summed E-state index contributed by atoms with van der Waals surface area (Å²) in [4.78, 5) is 11.4. The minimum absolute atomic E-state index is 0.000997. The maximum Gasteiger partial charge on any atom is 0.216 e. The van der Waals surface area contributed by atoms with E-state index in [-0.39, 0.29) is 22.3 Å². The first-order valence-electron chi connectivity index (χ1n) is 8.34. The smallest absolute Gasteiger partial charge is 0.216 e. The van der Waals surface area contributed by atoms with E-state index in [1.807, 2.05) is 0 Å². The van der Waals surface area contributed by atoms with Crippen molar-refractivity contribution in [1.29, 1.82) is 0 Å². The molecule has 21 heavy (non-hydrogen) atoms. The molecule has 4 aliphatic rings. The van der Waals surface area contributed by atoms with Gasteiger partial charge in [-0.15, -0.1) is 0 Å². The van der Waals surface area contributed by atoms with E-state index in [0.717, 1.165) is 19.3 Å². The van der Waals surface area contributed by atoms with Crippen molar-refractivity contribution in [3.05, 3.63) is 45.6 Å².